The highest BCUT2D eigenvalue weighted by molar-refractivity contribution is 5.23. The minimum absolute atomic E-state index is 0.0904. The zero-order chi connectivity index (χ0) is 12.8. The average molecular weight is 243 g/mol. The Labute approximate surface area is 98.5 Å². The zero-order valence-corrected chi connectivity index (χ0v) is 9.61. The van der Waals surface area contributed by atoms with Gasteiger partial charge in [0.2, 0.25) is 0 Å². The van der Waals surface area contributed by atoms with Crippen molar-refractivity contribution in [3.8, 4) is 0 Å². The van der Waals surface area contributed by atoms with Crippen LogP contribution in [0.1, 0.15) is 19.6 Å². The molecule has 1 rings (SSSR count). The molecule has 0 aliphatic rings. The number of aromatic nitrogens is 2. The van der Waals surface area contributed by atoms with Crippen molar-refractivity contribution in [2.24, 2.45) is 0 Å². The smallest absolute Gasteiger partial charge is 0.351 e. The molecule has 1 aromatic heterocycles. The lowest BCUT2D eigenvalue weighted by Gasteiger charge is -2.21. The van der Waals surface area contributed by atoms with E-state index in [2.05, 4.69) is 4.98 Å². The number of hydrogen-bond acceptors (Lipinski definition) is 6. The number of nitrogens with two attached hydrogens (primary N) is 1. The van der Waals surface area contributed by atoms with Crippen molar-refractivity contribution in [1.29, 1.82) is 0 Å². The Morgan fingerprint density at radius 1 is 1.59 bits per heavy atom. The highest BCUT2D eigenvalue weighted by Crippen LogP contribution is 2.10. The summed E-state index contributed by atoms with van der Waals surface area (Å²) in [5.74, 6) is 0.146. The van der Waals surface area contributed by atoms with Gasteiger partial charge in [0.05, 0.1) is 12.7 Å². The van der Waals surface area contributed by atoms with Gasteiger partial charge in [0.1, 0.15) is 12.0 Å². The number of ether oxygens (including phenoxy) is 1. The Hall–Kier alpha value is -1.44. The van der Waals surface area contributed by atoms with Crippen LogP contribution in [-0.4, -0.2) is 39.1 Å². The Kier molecular flexibility index (Phi) is 5.08. The Morgan fingerprint density at radius 3 is 2.82 bits per heavy atom. The topological polar surface area (TPSA) is 111 Å². The van der Waals surface area contributed by atoms with Gasteiger partial charge in [0.15, 0.2) is 0 Å². The Balaban J connectivity index is 2.75. The number of aliphatic hydroxyl groups excluding tert-OH is 2. The molecule has 4 N–H and O–H groups in total. The molecule has 7 heteroatoms. The molecule has 1 unspecified atom stereocenters. The van der Waals surface area contributed by atoms with Crippen molar-refractivity contribution in [1.82, 2.24) is 9.55 Å². The number of nitrogens with zero attached hydrogens (tertiary/aromatic N) is 2. The van der Waals surface area contributed by atoms with Crippen LogP contribution in [0.2, 0.25) is 0 Å². The summed E-state index contributed by atoms with van der Waals surface area (Å²) in [6.07, 6.45) is 0.680. The first-order chi connectivity index (χ1) is 8.08. The van der Waals surface area contributed by atoms with Crippen LogP contribution in [0.4, 0.5) is 5.82 Å². The molecule has 17 heavy (non-hydrogen) atoms. The van der Waals surface area contributed by atoms with Gasteiger partial charge in [0.25, 0.3) is 0 Å². The number of nitrogen functional groups attached to an aromatic ring is 1. The number of hydrogen-bond donors (Lipinski definition) is 3. The van der Waals surface area contributed by atoms with Crippen molar-refractivity contribution in [2.45, 2.75) is 25.7 Å². The van der Waals surface area contributed by atoms with Crippen LogP contribution >= 0.6 is 0 Å². The summed E-state index contributed by atoms with van der Waals surface area (Å²) in [5.41, 5.74) is 4.85. The van der Waals surface area contributed by atoms with Gasteiger partial charge in [-0.05, 0) is 19.4 Å². The normalized spacial score (nSPS) is 14.5. The first-order valence-electron chi connectivity index (χ1n) is 5.30. The van der Waals surface area contributed by atoms with Crippen molar-refractivity contribution in [2.75, 3.05) is 18.9 Å². The lowest BCUT2D eigenvalue weighted by atomic mass is 10.3. The maximum absolute atomic E-state index is 11.5. The second kappa shape index (κ2) is 6.33. The number of aliphatic hydroxyl groups is 2. The second-order valence-electron chi connectivity index (χ2n) is 3.59. The molecule has 0 saturated heterocycles. The van der Waals surface area contributed by atoms with Crippen LogP contribution in [0.5, 0.6) is 0 Å². The van der Waals surface area contributed by atoms with Gasteiger partial charge in [-0.25, -0.2) is 4.79 Å². The van der Waals surface area contributed by atoms with Gasteiger partial charge in [-0.3, -0.25) is 4.57 Å². The Bertz CT molecular complexity index is 407. The largest absolute Gasteiger partial charge is 0.396 e. The highest BCUT2D eigenvalue weighted by atomic mass is 16.5. The van der Waals surface area contributed by atoms with Gasteiger partial charge in [-0.15, -0.1) is 0 Å². The fourth-order valence-electron chi connectivity index (χ4n) is 1.39. The molecule has 1 heterocycles. The molecule has 0 saturated carbocycles. The van der Waals surface area contributed by atoms with E-state index in [9.17, 15) is 4.79 Å². The van der Waals surface area contributed by atoms with E-state index < -0.39 is 18.0 Å². The SMILES string of the molecule is C[C@@H](OC(CO)CCO)n1ccc(N)nc1=O. The minimum atomic E-state index is -0.584. The van der Waals surface area contributed by atoms with Crippen LogP contribution in [0, 0.1) is 0 Å². The lowest BCUT2D eigenvalue weighted by molar-refractivity contribution is -0.0748. The molecule has 0 spiro atoms. The van der Waals surface area contributed by atoms with Crippen LogP contribution in [-0.2, 0) is 4.74 Å². The van der Waals surface area contributed by atoms with Gasteiger partial charge in [-0.2, -0.15) is 4.98 Å². The summed E-state index contributed by atoms with van der Waals surface area (Å²) >= 11 is 0. The summed E-state index contributed by atoms with van der Waals surface area (Å²) in [6, 6.07) is 1.49. The molecule has 0 aliphatic carbocycles. The van der Waals surface area contributed by atoms with Crippen LogP contribution < -0.4 is 11.4 Å². The third kappa shape index (κ3) is 3.81. The first kappa shape index (κ1) is 13.6. The number of rotatable bonds is 6. The molecule has 96 valence electrons. The third-order valence-electron chi connectivity index (χ3n) is 2.29. The van der Waals surface area contributed by atoms with E-state index in [4.69, 9.17) is 20.7 Å². The summed E-state index contributed by atoms with van der Waals surface area (Å²) in [6.45, 7) is 1.34. The summed E-state index contributed by atoms with van der Waals surface area (Å²) in [7, 11) is 0. The molecule has 7 nitrogen and oxygen atoms in total. The standard InChI is InChI=1S/C10H17N3O4/c1-7(17-8(6-15)3-5-14)13-4-2-9(11)12-10(13)16/h2,4,7-8,14-15H,3,5-6H2,1H3,(H2,11,12,16)/t7-,8?/m1/s1. The highest BCUT2D eigenvalue weighted by Gasteiger charge is 2.14. The minimum Gasteiger partial charge on any atom is -0.396 e. The second-order valence-corrected chi connectivity index (χ2v) is 3.59. The Morgan fingerprint density at radius 2 is 2.29 bits per heavy atom. The molecule has 0 radical (unpaired) electrons. The predicted molar refractivity (Wildman–Crippen MR) is 61.3 cm³/mol. The van der Waals surface area contributed by atoms with E-state index in [1.165, 1.54) is 16.8 Å². The van der Waals surface area contributed by atoms with E-state index in [0.717, 1.165) is 0 Å². The third-order valence-corrected chi connectivity index (χ3v) is 2.29. The lowest BCUT2D eigenvalue weighted by Crippen LogP contribution is -2.31. The quantitative estimate of drug-likeness (QED) is 0.597. The molecule has 2 atom stereocenters. The van der Waals surface area contributed by atoms with Gasteiger partial charge < -0.3 is 20.7 Å². The van der Waals surface area contributed by atoms with Gasteiger partial charge >= 0.3 is 5.69 Å². The van der Waals surface area contributed by atoms with Crippen molar-refractivity contribution in [3.63, 3.8) is 0 Å². The molecule has 0 aromatic carbocycles. The van der Waals surface area contributed by atoms with E-state index in [1.807, 2.05) is 0 Å². The molecular weight excluding hydrogens is 226 g/mol. The molecule has 0 bridgehead atoms. The van der Waals surface area contributed by atoms with Crippen molar-refractivity contribution in [3.05, 3.63) is 22.7 Å². The van der Waals surface area contributed by atoms with Crippen LogP contribution in [0.25, 0.3) is 0 Å². The van der Waals surface area contributed by atoms with Crippen LogP contribution in [0.15, 0.2) is 17.1 Å². The molecular formula is C10H17N3O4. The average Bonchev–Trinajstić information content (AvgIpc) is 2.28. The van der Waals surface area contributed by atoms with Gasteiger partial charge in [-0.1, -0.05) is 0 Å². The maximum Gasteiger partial charge on any atom is 0.351 e. The van der Waals surface area contributed by atoms with E-state index in [0.29, 0.717) is 6.42 Å². The molecule has 0 aliphatic heterocycles. The van der Waals surface area contributed by atoms with E-state index in [1.54, 1.807) is 6.92 Å². The number of anilines is 1. The van der Waals surface area contributed by atoms with E-state index >= 15 is 0 Å². The zero-order valence-electron chi connectivity index (χ0n) is 9.61. The summed E-state index contributed by atoms with van der Waals surface area (Å²) in [4.78, 5) is 15.1. The summed E-state index contributed by atoms with van der Waals surface area (Å²) in [5, 5.41) is 17.8. The van der Waals surface area contributed by atoms with Gasteiger partial charge in [0, 0.05) is 12.8 Å². The maximum atomic E-state index is 11.5. The fourth-order valence-corrected chi connectivity index (χ4v) is 1.39. The monoisotopic (exact) mass is 243 g/mol. The molecule has 0 fully saturated rings. The van der Waals surface area contributed by atoms with Crippen molar-refractivity contribution < 1.29 is 14.9 Å². The van der Waals surface area contributed by atoms with Crippen molar-refractivity contribution >= 4 is 5.82 Å². The van der Waals surface area contributed by atoms with Crippen LogP contribution in [0.3, 0.4) is 0 Å². The molecule has 0 amide bonds. The van der Waals surface area contributed by atoms with E-state index in [-0.39, 0.29) is 19.0 Å². The molecule has 1 aromatic rings. The summed E-state index contributed by atoms with van der Waals surface area (Å²) < 4.78 is 6.68. The first-order valence-corrected chi connectivity index (χ1v) is 5.30. The fraction of sp³-hybridized carbons (Fsp3) is 0.600. The predicted octanol–water partition coefficient (Wildman–Crippen LogP) is -0.896.